The molecule has 0 aromatic heterocycles. The third kappa shape index (κ3) is 5.61. The lowest BCUT2D eigenvalue weighted by molar-refractivity contribution is -0.274. The second-order valence-corrected chi connectivity index (χ2v) is 7.90. The monoisotopic (exact) mass is 473 g/mol. The molecule has 0 bridgehead atoms. The van der Waals surface area contributed by atoms with E-state index < -0.39 is 6.36 Å². The number of allylic oxidation sites excluding steroid dienone is 2. The lowest BCUT2D eigenvalue weighted by Gasteiger charge is -2.10. The third-order valence-electron chi connectivity index (χ3n) is 4.76. The molecule has 0 atom stereocenters. The number of alkyl halides is 3. The van der Waals surface area contributed by atoms with Crippen LogP contribution in [0.15, 0.2) is 83.9 Å². The molecule has 0 saturated heterocycles. The van der Waals surface area contributed by atoms with Gasteiger partial charge in [-0.05, 0) is 53.1 Å². The van der Waals surface area contributed by atoms with Gasteiger partial charge in [0, 0.05) is 22.7 Å². The van der Waals surface area contributed by atoms with E-state index in [1.165, 1.54) is 18.2 Å². The Morgan fingerprint density at radius 1 is 0.875 bits per heavy atom. The number of ether oxygens (including phenoxy) is 1. The van der Waals surface area contributed by atoms with Gasteiger partial charge in [-0.3, -0.25) is 4.99 Å². The van der Waals surface area contributed by atoms with Gasteiger partial charge in [-0.1, -0.05) is 71.8 Å². The Bertz CT molecular complexity index is 1230. The fraction of sp³-hybridized carbons (Fsp3) is 0.0800. The van der Waals surface area contributed by atoms with Gasteiger partial charge in [-0.2, -0.15) is 0 Å². The van der Waals surface area contributed by atoms with Gasteiger partial charge in [-0.25, -0.2) is 0 Å². The van der Waals surface area contributed by atoms with Crippen molar-refractivity contribution in [1.29, 1.82) is 0 Å². The molecule has 3 aromatic rings. The molecule has 0 radical (unpaired) electrons. The summed E-state index contributed by atoms with van der Waals surface area (Å²) in [6.45, 7) is 0. The first-order chi connectivity index (χ1) is 15.3. The normalized spacial score (nSPS) is 13.9. The zero-order chi connectivity index (χ0) is 22.7. The van der Waals surface area contributed by atoms with Crippen molar-refractivity contribution in [3.63, 3.8) is 0 Å². The maximum atomic E-state index is 12.4. The number of hydrogen-bond donors (Lipinski definition) is 0. The van der Waals surface area contributed by atoms with E-state index in [2.05, 4.69) is 9.73 Å². The molecule has 162 valence electrons. The van der Waals surface area contributed by atoms with E-state index in [-0.39, 0.29) is 5.75 Å². The molecule has 0 unspecified atom stereocenters. The fourth-order valence-electron chi connectivity index (χ4n) is 3.27. The quantitative estimate of drug-likeness (QED) is 0.364. The Hall–Kier alpha value is -3.02. The smallest absolute Gasteiger partial charge is 0.406 e. The van der Waals surface area contributed by atoms with Crippen molar-refractivity contribution in [3.8, 4) is 16.9 Å². The summed E-state index contributed by atoms with van der Waals surface area (Å²) in [4.78, 5) is 4.63. The second kappa shape index (κ2) is 9.23. The Morgan fingerprint density at radius 2 is 1.66 bits per heavy atom. The molecule has 1 aliphatic heterocycles. The van der Waals surface area contributed by atoms with Crippen LogP contribution in [0, 0.1) is 0 Å². The molecule has 1 heterocycles. The van der Waals surface area contributed by atoms with Crippen molar-refractivity contribution in [2.45, 2.75) is 12.8 Å². The van der Waals surface area contributed by atoms with Crippen molar-refractivity contribution in [3.05, 3.63) is 100 Å². The fourth-order valence-corrected chi connectivity index (χ4v) is 3.78. The van der Waals surface area contributed by atoms with E-state index in [0.29, 0.717) is 22.0 Å². The first-order valence-corrected chi connectivity index (χ1v) is 10.4. The number of rotatable bonds is 5. The predicted octanol–water partition coefficient (Wildman–Crippen LogP) is 8.46. The summed E-state index contributed by atoms with van der Waals surface area (Å²) in [7, 11) is 0. The first-order valence-electron chi connectivity index (χ1n) is 9.64. The minimum absolute atomic E-state index is 0.248. The molecule has 4 rings (SSSR count). The number of halogens is 5. The maximum Gasteiger partial charge on any atom is 0.573 e. The third-order valence-corrected chi connectivity index (χ3v) is 5.30. The highest BCUT2D eigenvalue weighted by atomic mass is 35.5. The van der Waals surface area contributed by atoms with Gasteiger partial charge < -0.3 is 4.74 Å². The van der Waals surface area contributed by atoms with Gasteiger partial charge in [0.05, 0.1) is 10.7 Å². The Morgan fingerprint density at radius 3 is 2.38 bits per heavy atom. The van der Waals surface area contributed by atoms with Crippen LogP contribution >= 0.6 is 23.2 Å². The molecule has 32 heavy (non-hydrogen) atoms. The summed E-state index contributed by atoms with van der Waals surface area (Å²) < 4.78 is 41.3. The molecule has 3 aromatic carbocycles. The average molecular weight is 474 g/mol. The molecule has 0 aliphatic carbocycles. The highest BCUT2D eigenvalue weighted by molar-refractivity contribution is 6.35. The van der Waals surface area contributed by atoms with Crippen molar-refractivity contribution in [1.82, 2.24) is 0 Å². The minimum atomic E-state index is -4.72. The predicted molar refractivity (Wildman–Crippen MR) is 124 cm³/mol. The molecular formula is C25H16Cl2F3NO. The molecule has 0 fully saturated rings. The van der Waals surface area contributed by atoms with Crippen LogP contribution in [0.2, 0.25) is 10.0 Å². The highest BCUT2D eigenvalue weighted by Gasteiger charge is 2.31. The summed E-state index contributed by atoms with van der Waals surface area (Å²) in [5.74, 6) is -0.248. The molecule has 0 saturated carbocycles. The summed E-state index contributed by atoms with van der Waals surface area (Å²) >= 11 is 12.2. The summed E-state index contributed by atoms with van der Waals surface area (Å²) in [5.41, 5.74) is 4.90. The van der Waals surface area contributed by atoms with E-state index >= 15 is 0 Å². The molecule has 0 N–H and O–H groups in total. The topological polar surface area (TPSA) is 21.6 Å². The van der Waals surface area contributed by atoms with E-state index in [4.69, 9.17) is 23.2 Å². The van der Waals surface area contributed by atoms with Crippen LogP contribution in [0.3, 0.4) is 0 Å². The second-order valence-electron chi connectivity index (χ2n) is 7.05. The molecule has 0 amide bonds. The SMILES string of the molecule is FC(F)(F)Oc1cccc(-c2ccc(/C=C/C3=NC(c4ccc(Cl)cc4Cl)=CC3)cc2)c1. The van der Waals surface area contributed by atoms with Gasteiger partial charge in [0.25, 0.3) is 0 Å². The van der Waals surface area contributed by atoms with Gasteiger partial charge >= 0.3 is 6.36 Å². The maximum absolute atomic E-state index is 12.4. The van der Waals surface area contributed by atoms with Crippen molar-refractivity contribution in [2.75, 3.05) is 0 Å². The zero-order valence-corrected chi connectivity index (χ0v) is 18.0. The van der Waals surface area contributed by atoms with Crippen LogP contribution in [0.5, 0.6) is 5.75 Å². The van der Waals surface area contributed by atoms with Crippen LogP contribution in [-0.4, -0.2) is 12.1 Å². The number of aliphatic imine (C=N–C) groups is 1. The summed E-state index contributed by atoms with van der Waals surface area (Å²) in [6, 6.07) is 18.7. The molecule has 2 nitrogen and oxygen atoms in total. The van der Waals surface area contributed by atoms with Crippen LogP contribution in [0.1, 0.15) is 17.5 Å². The van der Waals surface area contributed by atoms with E-state index in [9.17, 15) is 13.2 Å². The van der Waals surface area contributed by atoms with Crippen molar-refractivity contribution >= 4 is 40.7 Å². The number of benzene rings is 3. The Balaban J connectivity index is 1.45. The van der Waals surface area contributed by atoms with Gasteiger partial charge in [0.2, 0.25) is 0 Å². The molecular weight excluding hydrogens is 458 g/mol. The van der Waals surface area contributed by atoms with Crippen LogP contribution in [0.25, 0.3) is 22.9 Å². The first kappa shape index (κ1) is 22.2. The van der Waals surface area contributed by atoms with Crippen molar-refractivity contribution in [2.24, 2.45) is 4.99 Å². The van der Waals surface area contributed by atoms with E-state index in [0.717, 1.165) is 28.1 Å². The van der Waals surface area contributed by atoms with Gasteiger partial charge in [0.15, 0.2) is 0 Å². The molecule has 1 aliphatic rings. The number of nitrogens with zero attached hydrogens (tertiary/aromatic N) is 1. The highest BCUT2D eigenvalue weighted by Crippen LogP contribution is 2.31. The molecule has 0 spiro atoms. The Labute approximate surface area is 193 Å². The Kier molecular flexibility index (Phi) is 6.40. The lowest BCUT2D eigenvalue weighted by Crippen LogP contribution is -2.17. The van der Waals surface area contributed by atoms with E-state index in [1.807, 2.05) is 48.6 Å². The van der Waals surface area contributed by atoms with Crippen LogP contribution in [0.4, 0.5) is 13.2 Å². The average Bonchev–Trinajstić information content (AvgIpc) is 3.20. The number of hydrogen-bond acceptors (Lipinski definition) is 2. The summed E-state index contributed by atoms with van der Waals surface area (Å²) in [5, 5.41) is 1.13. The van der Waals surface area contributed by atoms with Gasteiger partial charge in [0.1, 0.15) is 5.75 Å². The summed E-state index contributed by atoms with van der Waals surface area (Å²) in [6.07, 6.45) is 1.85. The van der Waals surface area contributed by atoms with Crippen LogP contribution < -0.4 is 4.74 Å². The minimum Gasteiger partial charge on any atom is -0.406 e. The lowest BCUT2D eigenvalue weighted by atomic mass is 10.0. The standard InChI is InChI=1S/C25H16Cl2F3NO/c26-19-9-12-22(23(27)15-19)24-13-11-20(31-24)10-6-16-4-7-17(8-5-16)18-2-1-3-21(14-18)32-25(28,29)30/h1-10,12-15H,11H2/b10-6+. The zero-order valence-electron chi connectivity index (χ0n) is 16.5. The van der Waals surface area contributed by atoms with Crippen LogP contribution in [-0.2, 0) is 0 Å². The van der Waals surface area contributed by atoms with Crippen molar-refractivity contribution < 1.29 is 17.9 Å². The molecule has 7 heteroatoms. The largest absolute Gasteiger partial charge is 0.573 e. The van der Waals surface area contributed by atoms with E-state index in [1.54, 1.807) is 18.2 Å². The van der Waals surface area contributed by atoms with Gasteiger partial charge in [-0.15, -0.1) is 13.2 Å².